The molecule has 4 N–H and O–H groups in total. The van der Waals surface area contributed by atoms with E-state index in [0.29, 0.717) is 103 Å². The van der Waals surface area contributed by atoms with Crippen LogP contribution in [0.4, 0.5) is 14.4 Å². The van der Waals surface area contributed by atoms with Crippen molar-refractivity contribution in [3.8, 4) is 11.1 Å². The van der Waals surface area contributed by atoms with E-state index in [-0.39, 0.29) is 98.4 Å². The number of amides is 3. The summed E-state index contributed by atoms with van der Waals surface area (Å²) in [5.41, 5.74) is 4.54. The monoisotopic (exact) mass is 1290 g/mol. The zero-order chi connectivity index (χ0) is 68.5. The van der Waals surface area contributed by atoms with Crippen LogP contribution in [0.5, 0.6) is 0 Å². The topological polar surface area (TPSA) is 223 Å². The van der Waals surface area contributed by atoms with E-state index < -0.39 is 18.1 Å². The third-order valence-corrected chi connectivity index (χ3v) is 21.8. The number of carbonyl (C=O) groups excluding carboxylic acids is 5. The van der Waals surface area contributed by atoms with Crippen molar-refractivity contribution in [2.45, 2.75) is 255 Å². The summed E-state index contributed by atoms with van der Waals surface area (Å²) in [6, 6.07) is 15.5. The van der Waals surface area contributed by atoms with Gasteiger partial charge in [-0.05, 0) is 138 Å². The normalized spacial score (nSPS) is 34.3. The second-order valence-electron chi connectivity index (χ2n) is 27.2. The van der Waals surface area contributed by atoms with Crippen LogP contribution in [-0.2, 0) is 47.5 Å². The minimum Gasteiger partial charge on any atom is -0.480 e. The first kappa shape index (κ1) is 82.5. The number of hydrogen-bond donors (Lipinski definition) is 4. The Bertz CT molecular complexity index is 2490. The Kier molecular flexibility index (Phi) is 36.7. The molecular weight excluding hydrogens is 1170 g/mol. The van der Waals surface area contributed by atoms with Gasteiger partial charge in [0.2, 0.25) is 0 Å². The van der Waals surface area contributed by atoms with Gasteiger partial charge < -0.3 is 70.7 Å². The number of rotatable bonds is 17. The van der Waals surface area contributed by atoms with Crippen LogP contribution in [0.15, 0.2) is 60.7 Å². The van der Waals surface area contributed by atoms with Crippen LogP contribution in [0.2, 0.25) is 0 Å². The molecule has 6 fully saturated rings. The molecule has 520 valence electrons. The van der Waals surface area contributed by atoms with Crippen molar-refractivity contribution < 1.29 is 85.9 Å². The van der Waals surface area contributed by atoms with Gasteiger partial charge in [0.25, 0.3) is 0 Å². The van der Waals surface area contributed by atoms with Gasteiger partial charge in [0, 0.05) is 5.92 Å². The Morgan fingerprint density at radius 1 is 0.559 bits per heavy atom. The molecule has 9 unspecified atom stereocenters. The minimum absolute atomic E-state index is 0. The standard InChI is InChI=1S/C29H37NO5.C15H25NO3.2C11H20O2.C5H9NO2.C4H9.Li/c1-5-26-18(3)17(2)19(4)27(35-26)15-14-25(28(31)32)30-29(33)34-16-24-22-12-8-6-10-20(22)21-11-7-9-13-23(21)24;1-5-13-10(3)9(2)11(4)14(19-13)7-6-12-8-18-15(17)16-12;2*1-5-10-8(3)7(2)9(4)11(6-12)13-10;1-2-4-3-8-5(7)6-4;1-3-4-2;/h6-13,17-19,24-27H,5,14-16H2,1-4H3,(H,30,33)(H,31,32);6-7,9-14H,5,8H2,1-4H3,(H,16,17);2*6-11H,5H2,1-4H3;4H,2-3H2,1H3,(H,6,7);1,3-4H2,2H3;/q;;;;;-1;+1/b;7-6+;;;;;/t17-,18?,19+,25-,26?,27-;9-,10?,11+,12-,13?,14-;7-,8?,9+,10?,11?;7-,8?,9+,10?,11-;4-;;/m00000../s1. The van der Waals surface area contributed by atoms with Crippen LogP contribution in [0.3, 0.4) is 0 Å². The SMILES string of the molecule is CCC1OC(C=O)[C@H](C)[C@@H](C)C1C.CCC1O[C@@H](/C=C/[C@H]2COC(=O)N2)[C@H](C)[C@@H](C)C1C.CCC1O[C@@H](C=O)[C@H](C)[C@@H](C)C1C.CCC1O[C@@H](CC[C@H](NC(=O)OCC2c3ccccc3-c3ccccc32)C(=O)O)[C@H](C)[C@@H](C)C1C.CC[C@H]1COC(=O)N1.[CH2-]CCC.[Li+]. The van der Waals surface area contributed by atoms with Crippen molar-refractivity contribution in [2.24, 2.45) is 71.0 Å². The van der Waals surface area contributed by atoms with E-state index in [0.717, 1.165) is 73.4 Å². The molecule has 0 spiro atoms. The number of unbranched alkanes of at least 4 members (excludes halogenated alkanes) is 1. The third kappa shape index (κ3) is 23.2. The second kappa shape index (κ2) is 41.4. The van der Waals surface area contributed by atoms with Crippen LogP contribution in [0.1, 0.15) is 199 Å². The van der Waals surface area contributed by atoms with Gasteiger partial charge in [-0.1, -0.05) is 192 Å². The van der Waals surface area contributed by atoms with Gasteiger partial charge in [0.15, 0.2) is 0 Å². The first-order valence-electron chi connectivity index (χ1n) is 35.0. The van der Waals surface area contributed by atoms with Gasteiger partial charge in [0.05, 0.1) is 48.7 Å². The summed E-state index contributed by atoms with van der Waals surface area (Å²) in [7, 11) is 0. The molecule has 2 aromatic rings. The molecule has 0 saturated carbocycles. The molecule has 6 heterocycles. The smallest absolute Gasteiger partial charge is 0.480 e. The Morgan fingerprint density at radius 3 is 1.33 bits per heavy atom. The molecule has 23 atom stereocenters. The van der Waals surface area contributed by atoms with Crippen LogP contribution in [0, 0.1) is 77.9 Å². The average molecular weight is 1290 g/mol. The van der Waals surface area contributed by atoms with Gasteiger partial charge >= 0.3 is 43.1 Å². The number of carboxylic acids is 1. The van der Waals surface area contributed by atoms with E-state index in [1.165, 1.54) is 6.42 Å². The minimum atomic E-state index is -1.06. The average Bonchev–Trinajstić information content (AvgIpc) is 1.66. The first-order valence-corrected chi connectivity index (χ1v) is 35.0. The van der Waals surface area contributed by atoms with Crippen LogP contribution < -0.4 is 34.8 Å². The molecule has 17 nitrogen and oxygen atoms in total. The predicted molar refractivity (Wildman–Crippen MR) is 363 cm³/mol. The molecule has 7 aliphatic rings. The van der Waals surface area contributed by atoms with Gasteiger partial charge in [-0.15, -0.1) is 0 Å². The molecule has 6 saturated heterocycles. The number of hydrogen-bond acceptors (Lipinski definition) is 13. The molecule has 0 aromatic heterocycles. The number of carbonyl (C=O) groups is 6. The second-order valence-corrected chi connectivity index (χ2v) is 27.2. The molecule has 9 rings (SSSR count). The van der Waals surface area contributed by atoms with E-state index in [2.05, 4.69) is 176 Å². The summed E-state index contributed by atoms with van der Waals surface area (Å²) in [5.74, 6) is 4.90. The number of aldehydes is 2. The van der Waals surface area contributed by atoms with Crippen LogP contribution in [0.25, 0.3) is 11.1 Å². The van der Waals surface area contributed by atoms with Gasteiger partial charge in [-0.25, -0.2) is 19.2 Å². The van der Waals surface area contributed by atoms with E-state index >= 15 is 0 Å². The molecule has 3 amide bonds. The molecule has 93 heavy (non-hydrogen) atoms. The predicted octanol–water partition coefficient (Wildman–Crippen LogP) is 12.3. The molecule has 1 aliphatic carbocycles. The third-order valence-electron chi connectivity index (χ3n) is 21.8. The summed E-state index contributed by atoms with van der Waals surface area (Å²) in [6.45, 7) is 43.9. The Morgan fingerprint density at radius 2 is 0.957 bits per heavy atom. The summed E-state index contributed by atoms with van der Waals surface area (Å²) in [4.78, 5) is 67.3. The largest absolute Gasteiger partial charge is 1.00 e. The number of benzene rings is 2. The molecule has 0 radical (unpaired) electrons. The Balaban J connectivity index is 0.000000327. The van der Waals surface area contributed by atoms with E-state index in [4.69, 9.17) is 28.4 Å². The van der Waals surface area contributed by atoms with E-state index in [9.17, 15) is 33.9 Å². The summed E-state index contributed by atoms with van der Waals surface area (Å²) in [5, 5.41) is 17.7. The fraction of sp³-hybridized carbons (Fsp3) is 0.720. The molecule has 18 heteroatoms. The van der Waals surface area contributed by atoms with Crippen molar-refractivity contribution >= 4 is 36.8 Å². The van der Waals surface area contributed by atoms with Crippen molar-refractivity contribution in [1.82, 2.24) is 16.0 Å². The zero-order valence-corrected chi connectivity index (χ0v) is 60.2. The van der Waals surface area contributed by atoms with Crippen molar-refractivity contribution in [3.05, 3.63) is 78.7 Å². The fourth-order valence-electron chi connectivity index (χ4n) is 13.8. The van der Waals surface area contributed by atoms with Gasteiger partial charge in [-0.3, -0.25) is 0 Å². The fourth-order valence-corrected chi connectivity index (χ4v) is 13.8. The molecular formula is C75H120LiN3O14. The summed E-state index contributed by atoms with van der Waals surface area (Å²) in [6.07, 6.45) is 13.6. The molecule has 2 aromatic carbocycles. The van der Waals surface area contributed by atoms with Crippen LogP contribution in [-0.4, -0.2) is 129 Å². The summed E-state index contributed by atoms with van der Waals surface area (Å²) >= 11 is 0. The number of ether oxygens (including phenoxy) is 7. The first-order chi connectivity index (χ1) is 43.8. The van der Waals surface area contributed by atoms with Gasteiger partial charge in [-0.2, -0.15) is 6.42 Å². The number of fused-ring (bicyclic) bond motifs is 3. The molecule has 0 bridgehead atoms. The number of cyclic esters (lactones) is 2. The van der Waals surface area contributed by atoms with E-state index in [1.54, 1.807) is 0 Å². The molecule has 6 aliphatic heterocycles. The number of nitrogens with one attached hydrogen (secondary N) is 3. The van der Waals surface area contributed by atoms with Gasteiger partial charge in [0.1, 0.15) is 50.6 Å². The van der Waals surface area contributed by atoms with Crippen molar-refractivity contribution in [1.29, 1.82) is 0 Å². The maximum Gasteiger partial charge on any atom is 1.00 e. The van der Waals surface area contributed by atoms with E-state index in [1.807, 2.05) is 37.3 Å². The Labute approximate surface area is 571 Å². The maximum atomic E-state index is 12.6. The van der Waals surface area contributed by atoms with Crippen molar-refractivity contribution in [2.75, 3.05) is 19.8 Å². The summed E-state index contributed by atoms with van der Waals surface area (Å²) < 4.78 is 38.9. The van der Waals surface area contributed by atoms with Crippen LogP contribution >= 0.6 is 0 Å². The number of alkyl carbamates (subject to hydrolysis) is 3. The number of carboxylic acid groups (broad SMARTS) is 1. The van der Waals surface area contributed by atoms with Crippen molar-refractivity contribution in [3.63, 3.8) is 0 Å². The Hall–Kier alpha value is -4.76. The quantitative estimate of drug-likeness (QED) is 0.0380. The maximum absolute atomic E-state index is 12.6. The number of aliphatic carboxylic acids is 1. The zero-order valence-electron chi connectivity index (χ0n) is 60.2.